The van der Waals surface area contributed by atoms with Crippen LogP contribution < -0.4 is 132 Å². The summed E-state index contributed by atoms with van der Waals surface area (Å²) in [7, 11) is 9.36. The van der Waals surface area contributed by atoms with Crippen LogP contribution in [0.25, 0.3) is 0 Å². The first-order valence-corrected chi connectivity index (χ1v) is 31.4. The number of benzene rings is 10. The number of hydrogen-bond acceptors (Lipinski definition) is 15. The van der Waals surface area contributed by atoms with Crippen molar-refractivity contribution in [2.45, 2.75) is 36.4 Å². The van der Waals surface area contributed by atoms with Crippen LogP contribution in [0.5, 0.6) is 34.5 Å². The van der Waals surface area contributed by atoms with Gasteiger partial charge in [0, 0.05) is 19.8 Å². The Morgan fingerprint density at radius 1 is 0.432 bits per heavy atom. The second kappa shape index (κ2) is 41.3. The number of alkyl halides is 1. The van der Waals surface area contributed by atoms with Gasteiger partial charge in [-0.2, -0.15) is 0 Å². The van der Waals surface area contributed by atoms with Gasteiger partial charge in [0.1, 0.15) is 52.3 Å². The van der Waals surface area contributed by atoms with Gasteiger partial charge in [-0.15, -0.1) is 0 Å². The zero-order valence-corrected chi connectivity index (χ0v) is 64.8. The summed E-state index contributed by atoms with van der Waals surface area (Å²) in [5.74, 6) is 3.27. The van der Waals surface area contributed by atoms with Gasteiger partial charge in [-0.3, -0.25) is 4.79 Å². The van der Waals surface area contributed by atoms with Crippen LogP contribution in [0.4, 0.5) is 0 Å². The van der Waals surface area contributed by atoms with Crippen LogP contribution in [-0.2, 0) is 65.0 Å². The third-order valence-corrected chi connectivity index (χ3v) is 16.7. The molecule has 1 N–H and O–H groups in total. The number of phenols is 1. The van der Waals surface area contributed by atoms with Gasteiger partial charge in [0.25, 0.3) is 6.47 Å². The summed E-state index contributed by atoms with van der Waals surface area (Å²) in [4.78, 5) is 34.4. The van der Waals surface area contributed by atoms with Crippen LogP contribution in [0.1, 0.15) is 77.8 Å². The molecule has 0 saturated carbocycles. The zero-order chi connectivity index (χ0) is 66.6. The number of methoxy groups -OCH3 is 6. The Hall–Kier alpha value is -6.00. The number of hydrogen-bond donors (Lipinski definition) is 1. The number of aromatic hydroxyl groups is 1. The molecule has 0 atom stereocenters. The number of ether oxygens (including phenoxy) is 9. The van der Waals surface area contributed by atoms with Crippen LogP contribution in [-0.4, -0.2) is 66.2 Å². The molecule has 95 heavy (non-hydrogen) atoms. The fourth-order valence-electron chi connectivity index (χ4n) is 9.92. The van der Waals surface area contributed by atoms with E-state index in [1.54, 1.807) is 64.8 Å². The summed E-state index contributed by atoms with van der Waals surface area (Å²) >= 11 is 10.3. The van der Waals surface area contributed by atoms with Crippen molar-refractivity contribution in [2.24, 2.45) is 0 Å². The van der Waals surface area contributed by atoms with Crippen molar-refractivity contribution in [1.29, 1.82) is 0 Å². The third-order valence-electron chi connectivity index (χ3n) is 14.6. The van der Waals surface area contributed by atoms with Crippen LogP contribution in [0.15, 0.2) is 252 Å². The van der Waals surface area contributed by atoms with Crippen molar-refractivity contribution in [2.75, 3.05) is 42.7 Å². The molecule has 0 fully saturated rings. The smallest absolute Gasteiger partial charge is 1.00 e. The Bertz CT molecular complexity index is 3880. The van der Waals surface area contributed by atoms with E-state index in [-0.39, 0.29) is 129 Å². The summed E-state index contributed by atoms with van der Waals surface area (Å²) < 4.78 is 52.9. The minimum absolute atomic E-state index is 0. The number of esters is 2. The maximum Gasteiger partial charge on any atom is 1.00 e. The largest absolute Gasteiger partial charge is 1.00 e. The van der Waals surface area contributed by atoms with Crippen molar-refractivity contribution in [3.05, 3.63) is 318 Å². The van der Waals surface area contributed by atoms with Gasteiger partial charge in [0.15, 0.2) is 0 Å². The molecule has 0 aliphatic carbocycles. The van der Waals surface area contributed by atoms with Crippen LogP contribution in [0.3, 0.4) is 0 Å². The van der Waals surface area contributed by atoms with Crippen molar-refractivity contribution in [1.82, 2.24) is 0 Å². The van der Waals surface area contributed by atoms with E-state index in [2.05, 4.69) is 81.7 Å². The first-order valence-electron chi connectivity index (χ1n) is 28.7. The molecule has 0 aliphatic heterocycles. The Labute approximate surface area is 666 Å². The second-order valence-electron chi connectivity index (χ2n) is 20.1. The quantitative estimate of drug-likeness (QED) is 0.0121. The predicted octanol–water partition coefficient (Wildman–Crippen LogP) is 9.94. The fourth-order valence-corrected chi connectivity index (χ4v) is 11.5. The zero-order valence-electron chi connectivity index (χ0n) is 54.8. The van der Waals surface area contributed by atoms with Crippen LogP contribution in [0, 0.1) is 0 Å². The summed E-state index contributed by atoms with van der Waals surface area (Å²) in [6.07, 6.45) is 0. The van der Waals surface area contributed by atoms with Crippen LogP contribution in [0.2, 0.25) is 0 Å². The molecule has 0 spiro atoms. The molecule has 10 aromatic carbocycles. The number of carbonyl (C=O) groups is 3. The van der Waals surface area contributed by atoms with Gasteiger partial charge < -0.3 is 59.3 Å². The molecule has 0 saturated heterocycles. The molecule has 0 amide bonds. The van der Waals surface area contributed by atoms with Crippen molar-refractivity contribution >= 4 is 66.2 Å². The summed E-state index contributed by atoms with van der Waals surface area (Å²) in [6.45, 7) is 0.689. The van der Waals surface area contributed by atoms with E-state index in [9.17, 15) is 14.7 Å². The molecule has 0 unspecified atom stereocenters. The van der Waals surface area contributed by atoms with E-state index < -0.39 is 17.2 Å². The Morgan fingerprint density at radius 2 is 0.779 bits per heavy atom. The summed E-state index contributed by atoms with van der Waals surface area (Å²) in [5.41, 5.74) is 8.72. The molecule has 10 rings (SSSR count). The van der Waals surface area contributed by atoms with Gasteiger partial charge in [0.05, 0.1) is 67.0 Å². The summed E-state index contributed by atoms with van der Waals surface area (Å²) in [6, 6.07) is 77.7. The molecule has 482 valence electrons. The second-order valence-corrected chi connectivity index (χ2v) is 22.4. The molecule has 15 nitrogen and oxygen atoms in total. The number of rotatable bonds is 23. The van der Waals surface area contributed by atoms with E-state index in [1.165, 1.54) is 14.2 Å². The average molecular weight is 1530 g/mol. The van der Waals surface area contributed by atoms with Crippen molar-refractivity contribution < 1.29 is 176 Å². The Kier molecular flexibility index (Phi) is 34.6. The molecule has 0 aliphatic rings. The van der Waals surface area contributed by atoms with E-state index in [0.29, 0.717) is 35.4 Å². The number of carbonyl (C=O) groups excluding carboxylic acids is 3. The molecule has 0 heterocycles. The third kappa shape index (κ3) is 22.0. The molecule has 0 bridgehead atoms. The maximum absolute atomic E-state index is 12.0. The van der Waals surface area contributed by atoms with Gasteiger partial charge in [-0.1, -0.05) is 181 Å². The van der Waals surface area contributed by atoms with Crippen molar-refractivity contribution in [3.8, 4) is 34.5 Å². The fraction of sp³-hybridized carbons (Fsp3) is 0.160. The first kappa shape index (κ1) is 79.7. The van der Waals surface area contributed by atoms with E-state index >= 15 is 0 Å². The topological polar surface area (TPSA) is 187 Å². The predicted molar refractivity (Wildman–Crippen MR) is 365 cm³/mol. The molecule has 20 heteroatoms. The first-order chi connectivity index (χ1) is 45.2. The number of halogens is 3. The number of phenolic OH excluding ortho intramolecular Hbond substituents is 1. The van der Waals surface area contributed by atoms with E-state index in [0.717, 1.165) is 87.6 Å². The molecular weight excluding hydrogens is 1460 g/mol. The molecule has 0 radical (unpaired) electrons. The maximum atomic E-state index is 12.0. The van der Waals surface area contributed by atoms with Crippen LogP contribution >= 0.6 is 47.8 Å². The normalized spacial score (nSPS) is 10.5. The van der Waals surface area contributed by atoms with Crippen molar-refractivity contribution in [3.63, 3.8) is 0 Å². The molecule has 0 aromatic heterocycles. The minimum atomic E-state index is -0.935. The average Bonchev–Trinajstić information content (AvgIpc) is 0.763. The molecule has 10 aromatic rings. The molecular formula is C75H69Br3K2O15. The van der Waals surface area contributed by atoms with E-state index in [4.69, 9.17) is 47.9 Å². The van der Waals surface area contributed by atoms with Gasteiger partial charge in [0.2, 0.25) is 0 Å². The van der Waals surface area contributed by atoms with Gasteiger partial charge in [-0.25, -0.2) is 9.59 Å². The minimum Gasteiger partial charge on any atom is -1.00 e. The summed E-state index contributed by atoms with van der Waals surface area (Å²) in [5, 5.41) is 19.1. The SMILES string of the molecule is COC(=O)c1ccc(Br)c(CBr)c1.COC(=O)c1ccc(Br)c(COc2cccc(COC(c3ccccc3)(c3ccc(OC)cc3)c3ccc(OC)cc3)c2)c1.COc1ccc(C(OCc2cccc(O)c2)(c2ccccc2)c2ccc(OC)cc2)cc1.O=CO[O-].[H-].[K+].[K+]. The standard InChI is InChI=1S/C37H33BrO6.C28H26O4.C9H8Br2O2.CH2O3.2K.H/c1-40-32-17-13-30(14-18-32)37(29-9-5-4-6-10-29,31-15-19-33(41-2)20-16-31)44-24-26-8-7-11-34(22-26)43-25-28-23-27(36(39)42-3)12-21-35(28)38;1-30-26-15-11-23(12-16-26)28(22-8-4-3-5-9-22,24-13-17-27(31-2)18-14-24)32-20-21-7-6-10-25(29)19-21;1-13-9(12)6-2-3-8(11)7(4-6)5-10;2-1-4-3;;;/h4-23H,24-25H2,1-3H3;3-19,29H,20H2,1-2H3;2-4H,5H2,1H3;1,3H;;;/q;;;;2*+1;-1/p-1. The van der Waals surface area contributed by atoms with Gasteiger partial charge in [-0.05, 0) is 159 Å². The van der Waals surface area contributed by atoms with Gasteiger partial charge >= 0.3 is 115 Å². The monoisotopic (exact) mass is 1520 g/mol. The Morgan fingerprint density at radius 3 is 1.13 bits per heavy atom. The van der Waals surface area contributed by atoms with E-state index in [1.807, 2.05) is 182 Å². The Balaban J connectivity index is 0.000000329.